The Morgan fingerprint density at radius 2 is 2.35 bits per heavy atom. The molecular formula is C9H13N7O. The number of nitrogens with one attached hydrogen (secondary N) is 1. The fourth-order valence-corrected chi connectivity index (χ4v) is 1.27. The minimum Gasteiger partial charge on any atom is -0.360 e. The van der Waals surface area contributed by atoms with Crippen LogP contribution in [0.5, 0.6) is 0 Å². The molecule has 0 fully saturated rings. The predicted molar refractivity (Wildman–Crippen MR) is 60.4 cm³/mol. The monoisotopic (exact) mass is 235 g/mol. The molecule has 2 rings (SSSR count). The lowest BCUT2D eigenvalue weighted by Crippen LogP contribution is -2.32. The van der Waals surface area contributed by atoms with Crippen molar-refractivity contribution in [3.05, 3.63) is 12.4 Å². The Morgan fingerprint density at radius 3 is 3.12 bits per heavy atom. The highest BCUT2D eigenvalue weighted by atomic mass is 16.2. The van der Waals surface area contributed by atoms with Crippen LogP contribution in [0.15, 0.2) is 12.4 Å². The van der Waals surface area contributed by atoms with Crippen LogP contribution in [-0.2, 0) is 4.79 Å². The number of tetrazole rings is 1. The van der Waals surface area contributed by atoms with Crippen molar-refractivity contribution in [2.75, 3.05) is 25.5 Å². The first kappa shape index (κ1) is 11.2. The Hall–Kier alpha value is -2.25. The van der Waals surface area contributed by atoms with Crippen molar-refractivity contribution in [3.63, 3.8) is 0 Å². The van der Waals surface area contributed by atoms with Gasteiger partial charge in [-0.15, -0.1) is 5.10 Å². The van der Waals surface area contributed by atoms with Gasteiger partial charge in [0.1, 0.15) is 0 Å². The number of hydrogen-bond acceptors (Lipinski definition) is 6. The van der Waals surface area contributed by atoms with Gasteiger partial charge in [0.25, 0.3) is 0 Å². The van der Waals surface area contributed by atoms with E-state index in [1.807, 2.05) is 6.92 Å². The number of nitrogens with zero attached hydrogens (tertiary/aromatic N) is 6. The third-order valence-electron chi connectivity index (χ3n) is 2.43. The summed E-state index contributed by atoms with van der Waals surface area (Å²) in [7, 11) is 1.75. The van der Waals surface area contributed by atoms with Crippen LogP contribution in [0.1, 0.15) is 6.92 Å². The molecule has 90 valence electrons. The maximum Gasteiger partial charge on any atom is 0.241 e. The summed E-state index contributed by atoms with van der Waals surface area (Å²) < 4.78 is 1.49. The quantitative estimate of drug-likeness (QED) is 0.762. The SMILES string of the molecule is CCN(C)C(=O)CNc1cncc2nnnn12. The first-order valence-corrected chi connectivity index (χ1v) is 5.22. The molecule has 1 N–H and O–H groups in total. The van der Waals surface area contributed by atoms with Crippen LogP contribution in [0.4, 0.5) is 5.82 Å². The number of hydrogen-bond donors (Lipinski definition) is 1. The Bertz CT molecular complexity index is 523. The summed E-state index contributed by atoms with van der Waals surface area (Å²) in [5.74, 6) is 0.586. The molecule has 0 saturated carbocycles. The molecule has 0 aromatic carbocycles. The molecule has 0 spiro atoms. The van der Waals surface area contributed by atoms with Crippen LogP contribution in [0.25, 0.3) is 5.65 Å². The second-order valence-electron chi connectivity index (χ2n) is 3.50. The van der Waals surface area contributed by atoms with Crippen molar-refractivity contribution in [1.29, 1.82) is 0 Å². The summed E-state index contributed by atoms with van der Waals surface area (Å²) in [6.45, 7) is 2.78. The summed E-state index contributed by atoms with van der Waals surface area (Å²) >= 11 is 0. The Kier molecular flexibility index (Phi) is 3.12. The maximum atomic E-state index is 11.6. The Balaban J connectivity index is 2.09. The average Bonchev–Trinajstić information content (AvgIpc) is 2.83. The predicted octanol–water partition coefficient (Wildman–Crippen LogP) is -0.591. The molecular weight excluding hydrogens is 222 g/mol. The number of carbonyl (C=O) groups excluding carboxylic acids is 1. The molecule has 2 aromatic heterocycles. The molecule has 0 atom stereocenters. The average molecular weight is 235 g/mol. The van der Waals surface area contributed by atoms with E-state index in [4.69, 9.17) is 0 Å². The lowest BCUT2D eigenvalue weighted by Gasteiger charge is -2.15. The highest BCUT2D eigenvalue weighted by Crippen LogP contribution is 2.05. The molecule has 0 bridgehead atoms. The second-order valence-corrected chi connectivity index (χ2v) is 3.50. The molecule has 0 aliphatic carbocycles. The molecule has 0 aliphatic heterocycles. The first-order valence-electron chi connectivity index (χ1n) is 5.22. The minimum absolute atomic E-state index is 0.00224. The summed E-state index contributed by atoms with van der Waals surface area (Å²) in [6, 6.07) is 0. The summed E-state index contributed by atoms with van der Waals surface area (Å²) in [5.41, 5.74) is 0.534. The van der Waals surface area contributed by atoms with Crippen molar-refractivity contribution >= 4 is 17.4 Å². The number of fused-ring (bicyclic) bond motifs is 1. The van der Waals surface area contributed by atoms with Crippen LogP contribution in [0, 0.1) is 0 Å². The fourth-order valence-electron chi connectivity index (χ4n) is 1.27. The molecule has 2 aromatic rings. The summed E-state index contributed by atoms with van der Waals surface area (Å²) in [4.78, 5) is 17.2. The zero-order valence-electron chi connectivity index (χ0n) is 9.66. The maximum absolute atomic E-state index is 11.6. The third-order valence-corrected chi connectivity index (χ3v) is 2.43. The Morgan fingerprint density at radius 1 is 1.53 bits per heavy atom. The van der Waals surface area contributed by atoms with Crippen molar-refractivity contribution in [1.82, 2.24) is 29.9 Å². The van der Waals surface area contributed by atoms with E-state index in [-0.39, 0.29) is 12.5 Å². The molecule has 0 unspecified atom stereocenters. The highest BCUT2D eigenvalue weighted by molar-refractivity contribution is 5.80. The van der Waals surface area contributed by atoms with Gasteiger partial charge in [-0.25, -0.2) is 0 Å². The number of anilines is 1. The van der Waals surface area contributed by atoms with Crippen LogP contribution in [-0.4, -0.2) is 56.0 Å². The number of carbonyl (C=O) groups is 1. The molecule has 2 heterocycles. The zero-order valence-corrected chi connectivity index (χ0v) is 9.66. The van der Waals surface area contributed by atoms with Gasteiger partial charge in [0.05, 0.1) is 18.9 Å². The van der Waals surface area contributed by atoms with Crippen molar-refractivity contribution in [3.8, 4) is 0 Å². The molecule has 1 amide bonds. The highest BCUT2D eigenvalue weighted by Gasteiger charge is 2.08. The van der Waals surface area contributed by atoms with Gasteiger partial charge in [0, 0.05) is 13.6 Å². The first-order chi connectivity index (χ1) is 8.22. The van der Waals surface area contributed by atoms with Gasteiger partial charge in [-0.05, 0) is 17.4 Å². The van der Waals surface area contributed by atoms with Gasteiger partial charge >= 0.3 is 0 Å². The van der Waals surface area contributed by atoms with E-state index in [1.54, 1.807) is 24.3 Å². The molecule has 17 heavy (non-hydrogen) atoms. The van der Waals surface area contributed by atoms with Crippen molar-refractivity contribution < 1.29 is 4.79 Å². The molecule has 0 radical (unpaired) electrons. The second kappa shape index (κ2) is 4.73. The Labute approximate surface area is 97.6 Å². The van der Waals surface area contributed by atoms with Crippen molar-refractivity contribution in [2.45, 2.75) is 6.92 Å². The minimum atomic E-state index is -0.00224. The lowest BCUT2D eigenvalue weighted by molar-refractivity contribution is -0.127. The van der Waals surface area contributed by atoms with E-state index in [1.165, 1.54) is 4.52 Å². The van der Waals surface area contributed by atoms with Gasteiger partial charge < -0.3 is 10.2 Å². The standard InChI is InChI=1S/C9H13N7O/c1-3-15(2)9(17)6-11-7-4-10-5-8-12-13-14-16(7)8/h4-5,11H,3,6H2,1-2H3. The van der Waals surface area contributed by atoms with E-state index >= 15 is 0 Å². The van der Waals surface area contributed by atoms with Gasteiger partial charge in [0.15, 0.2) is 11.5 Å². The zero-order chi connectivity index (χ0) is 12.3. The molecule has 8 heteroatoms. The number of likely N-dealkylation sites (N-methyl/N-ethyl adjacent to an activating group) is 1. The van der Waals surface area contributed by atoms with Gasteiger partial charge in [-0.2, -0.15) is 4.52 Å². The van der Waals surface area contributed by atoms with Crippen LogP contribution in [0.2, 0.25) is 0 Å². The van der Waals surface area contributed by atoms with E-state index in [0.717, 1.165) is 0 Å². The number of aromatic nitrogens is 5. The van der Waals surface area contributed by atoms with Crippen LogP contribution in [0.3, 0.4) is 0 Å². The van der Waals surface area contributed by atoms with E-state index in [2.05, 4.69) is 25.8 Å². The summed E-state index contributed by atoms with van der Waals surface area (Å²) in [6.07, 6.45) is 3.12. The van der Waals surface area contributed by atoms with E-state index in [0.29, 0.717) is 18.0 Å². The van der Waals surface area contributed by atoms with E-state index < -0.39 is 0 Å². The lowest BCUT2D eigenvalue weighted by atomic mass is 10.5. The van der Waals surface area contributed by atoms with E-state index in [9.17, 15) is 4.79 Å². The molecule has 8 nitrogen and oxygen atoms in total. The third kappa shape index (κ3) is 2.30. The van der Waals surface area contributed by atoms with Crippen molar-refractivity contribution in [2.24, 2.45) is 0 Å². The largest absolute Gasteiger partial charge is 0.360 e. The summed E-state index contributed by atoms with van der Waals surface area (Å²) in [5, 5.41) is 14.0. The fraction of sp³-hybridized carbons (Fsp3) is 0.444. The number of rotatable bonds is 4. The van der Waals surface area contributed by atoms with Gasteiger partial charge in [0.2, 0.25) is 5.91 Å². The number of amides is 1. The molecule has 0 aliphatic rings. The topological polar surface area (TPSA) is 88.3 Å². The molecule has 0 saturated heterocycles. The van der Waals surface area contributed by atoms with Crippen LogP contribution < -0.4 is 5.32 Å². The smallest absolute Gasteiger partial charge is 0.241 e. The van der Waals surface area contributed by atoms with Gasteiger partial charge in [-0.1, -0.05) is 0 Å². The normalized spacial score (nSPS) is 10.5. The van der Waals surface area contributed by atoms with Gasteiger partial charge in [-0.3, -0.25) is 9.78 Å². The van der Waals surface area contributed by atoms with Crippen LogP contribution >= 0.6 is 0 Å².